The third-order valence-electron chi connectivity index (χ3n) is 4.13. The van der Waals surface area contributed by atoms with Crippen molar-refractivity contribution in [2.24, 2.45) is 0 Å². The van der Waals surface area contributed by atoms with Crippen molar-refractivity contribution in [1.82, 2.24) is 24.7 Å². The molecule has 0 saturated heterocycles. The van der Waals surface area contributed by atoms with Crippen molar-refractivity contribution in [1.29, 1.82) is 0 Å². The van der Waals surface area contributed by atoms with Gasteiger partial charge < -0.3 is 0 Å². The highest BCUT2D eigenvalue weighted by Gasteiger charge is 2.14. The zero-order valence-corrected chi connectivity index (χ0v) is 17.1. The van der Waals surface area contributed by atoms with Gasteiger partial charge in [0.15, 0.2) is 11.0 Å². The van der Waals surface area contributed by atoms with Crippen LogP contribution in [-0.4, -0.2) is 24.7 Å². The van der Waals surface area contributed by atoms with Gasteiger partial charge in [-0.2, -0.15) is 0 Å². The molecule has 0 aliphatic heterocycles. The van der Waals surface area contributed by atoms with Crippen LogP contribution in [0.25, 0.3) is 22.0 Å². The van der Waals surface area contributed by atoms with E-state index in [2.05, 4.69) is 62.9 Å². The van der Waals surface area contributed by atoms with Crippen LogP contribution in [0.15, 0.2) is 72.0 Å². The van der Waals surface area contributed by atoms with Crippen LogP contribution in [-0.2, 0) is 12.3 Å². The van der Waals surface area contributed by atoms with Crippen LogP contribution in [0.4, 0.5) is 0 Å². The summed E-state index contributed by atoms with van der Waals surface area (Å²) in [6.07, 6.45) is 5.38. The van der Waals surface area contributed by atoms with Crippen LogP contribution in [0.2, 0.25) is 0 Å². The Morgan fingerprint density at radius 1 is 1.14 bits per heavy atom. The van der Waals surface area contributed by atoms with Gasteiger partial charge in [0, 0.05) is 41.2 Å². The first-order valence-electron chi connectivity index (χ1n) is 8.83. The van der Waals surface area contributed by atoms with Crippen molar-refractivity contribution in [2.45, 2.75) is 24.4 Å². The van der Waals surface area contributed by atoms with E-state index in [1.807, 2.05) is 18.2 Å². The highest BCUT2D eigenvalue weighted by molar-refractivity contribution is 7.98. The van der Waals surface area contributed by atoms with Gasteiger partial charge in [-0.05, 0) is 25.1 Å². The van der Waals surface area contributed by atoms with Crippen molar-refractivity contribution in [3.05, 3.63) is 78.1 Å². The molecule has 28 heavy (non-hydrogen) atoms. The van der Waals surface area contributed by atoms with E-state index in [9.17, 15) is 0 Å². The number of nitrogens with zero attached hydrogens (tertiary/aromatic N) is 5. The normalized spacial score (nSPS) is 10.9. The number of allylic oxidation sites excluding steroid dienone is 1. The molecular weight excluding hydrogens is 386 g/mol. The first-order valence-corrected chi connectivity index (χ1v) is 10.7. The molecule has 0 radical (unpaired) electrons. The molecule has 140 valence electrons. The molecule has 0 saturated carbocycles. The summed E-state index contributed by atoms with van der Waals surface area (Å²) in [5, 5.41) is 12.8. The van der Waals surface area contributed by atoms with Gasteiger partial charge >= 0.3 is 0 Å². The summed E-state index contributed by atoms with van der Waals surface area (Å²) in [5.74, 6) is 1.57. The maximum atomic E-state index is 4.79. The summed E-state index contributed by atoms with van der Waals surface area (Å²) in [5.41, 5.74) is 4.44. The van der Waals surface area contributed by atoms with Crippen LogP contribution in [0, 0.1) is 6.92 Å². The number of aromatic nitrogens is 5. The smallest absolute Gasteiger partial charge is 0.192 e. The van der Waals surface area contributed by atoms with Crippen LogP contribution in [0.3, 0.4) is 0 Å². The Balaban J connectivity index is 1.53. The monoisotopic (exact) mass is 405 g/mol. The fraction of sp³-hybridized carbons (Fsp3) is 0.143. The van der Waals surface area contributed by atoms with E-state index < -0.39 is 0 Å². The predicted molar refractivity (Wildman–Crippen MR) is 115 cm³/mol. The average molecular weight is 406 g/mol. The third-order valence-corrected chi connectivity index (χ3v) is 6.07. The summed E-state index contributed by atoms with van der Waals surface area (Å²) < 4.78 is 2.07. The second-order valence-corrected chi connectivity index (χ2v) is 8.04. The van der Waals surface area contributed by atoms with Gasteiger partial charge in [-0.1, -0.05) is 41.6 Å². The first-order chi connectivity index (χ1) is 13.7. The summed E-state index contributed by atoms with van der Waals surface area (Å²) >= 11 is 3.31. The van der Waals surface area contributed by atoms with Crippen LogP contribution >= 0.6 is 23.1 Å². The van der Waals surface area contributed by atoms with Gasteiger partial charge in [0.1, 0.15) is 5.01 Å². The number of hydrogen-bond acceptors (Lipinski definition) is 6. The standard InChI is InChI=1S/C21H19N5S2/c1-3-11-26-19(16-7-9-22-10-8-16)24-25-21(26)28-14-18-13-27-20(23-18)17-6-4-5-15(2)12-17/h3-10,12-13H,1,11,14H2,2H3. The van der Waals surface area contributed by atoms with Crippen LogP contribution in [0.1, 0.15) is 11.3 Å². The summed E-state index contributed by atoms with van der Waals surface area (Å²) in [6.45, 7) is 6.61. The van der Waals surface area contributed by atoms with E-state index >= 15 is 0 Å². The SMILES string of the molecule is C=CCn1c(SCc2csc(-c3cccc(C)c3)n2)nnc1-c1ccncc1. The summed E-state index contributed by atoms with van der Waals surface area (Å²) in [6, 6.07) is 12.3. The van der Waals surface area contributed by atoms with E-state index in [4.69, 9.17) is 4.98 Å². The zero-order valence-electron chi connectivity index (χ0n) is 15.4. The van der Waals surface area contributed by atoms with Gasteiger partial charge in [-0.15, -0.1) is 28.1 Å². The molecule has 0 amide bonds. The summed E-state index contributed by atoms with van der Waals surface area (Å²) in [4.78, 5) is 8.86. The number of pyridine rings is 1. The number of aryl methyl sites for hydroxylation is 1. The average Bonchev–Trinajstić information content (AvgIpc) is 3.35. The van der Waals surface area contributed by atoms with Gasteiger partial charge in [0.25, 0.3) is 0 Å². The van der Waals surface area contributed by atoms with Crippen molar-refractivity contribution in [2.75, 3.05) is 0 Å². The zero-order chi connectivity index (χ0) is 19.3. The molecule has 0 fully saturated rings. The Morgan fingerprint density at radius 2 is 2.00 bits per heavy atom. The van der Waals surface area contributed by atoms with E-state index in [0.717, 1.165) is 38.6 Å². The van der Waals surface area contributed by atoms with Crippen molar-refractivity contribution in [3.63, 3.8) is 0 Å². The van der Waals surface area contributed by atoms with Crippen molar-refractivity contribution in [3.8, 4) is 22.0 Å². The van der Waals surface area contributed by atoms with Gasteiger partial charge in [-0.3, -0.25) is 9.55 Å². The molecule has 3 heterocycles. The lowest BCUT2D eigenvalue weighted by molar-refractivity contribution is 0.731. The molecule has 7 heteroatoms. The van der Waals surface area contributed by atoms with Crippen LogP contribution in [0.5, 0.6) is 0 Å². The molecule has 0 atom stereocenters. The lowest BCUT2D eigenvalue weighted by Gasteiger charge is -2.07. The minimum atomic E-state index is 0.651. The largest absolute Gasteiger partial charge is 0.298 e. The van der Waals surface area contributed by atoms with Crippen molar-refractivity contribution >= 4 is 23.1 Å². The lowest BCUT2D eigenvalue weighted by Crippen LogP contribution is -2.00. The molecule has 0 spiro atoms. The highest BCUT2D eigenvalue weighted by Crippen LogP contribution is 2.29. The number of benzene rings is 1. The lowest BCUT2D eigenvalue weighted by atomic mass is 10.1. The Kier molecular flexibility index (Phi) is 5.64. The molecule has 1 aromatic carbocycles. The van der Waals surface area contributed by atoms with Crippen molar-refractivity contribution < 1.29 is 0 Å². The summed E-state index contributed by atoms with van der Waals surface area (Å²) in [7, 11) is 0. The molecule has 5 nitrogen and oxygen atoms in total. The molecule has 0 aliphatic rings. The maximum absolute atomic E-state index is 4.79. The molecule has 0 aliphatic carbocycles. The molecule has 0 unspecified atom stereocenters. The maximum Gasteiger partial charge on any atom is 0.192 e. The fourth-order valence-corrected chi connectivity index (χ4v) is 4.59. The molecular formula is C21H19N5S2. The Hall–Kier alpha value is -2.77. The minimum Gasteiger partial charge on any atom is -0.298 e. The Labute approximate surface area is 172 Å². The first kappa shape index (κ1) is 18.6. The molecule has 3 aromatic heterocycles. The van der Waals surface area contributed by atoms with E-state index in [1.165, 1.54) is 5.56 Å². The van der Waals surface area contributed by atoms with Gasteiger partial charge in [-0.25, -0.2) is 4.98 Å². The number of rotatable bonds is 7. The number of hydrogen-bond donors (Lipinski definition) is 0. The van der Waals surface area contributed by atoms with Gasteiger partial charge in [0.05, 0.1) is 5.69 Å². The Bertz CT molecular complexity index is 1090. The molecule has 4 rings (SSSR count). The second kappa shape index (κ2) is 8.50. The second-order valence-electron chi connectivity index (χ2n) is 6.24. The third kappa shape index (κ3) is 4.05. The predicted octanol–water partition coefficient (Wildman–Crippen LogP) is 5.25. The quantitative estimate of drug-likeness (QED) is 0.310. The molecule has 0 N–H and O–H groups in total. The number of thiazole rings is 1. The number of thioether (sulfide) groups is 1. The molecule has 4 aromatic rings. The molecule has 0 bridgehead atoms. The van der Waals surface area contributed by atoms with Crippen LogP contribution < -0.4 is 0 Å². The van der Waals surface area contributed by atoms with Gasteiger partial charge in [0.2, 0.25) is 0 Å². The van der Waals surface area contributed by atoms with E-state index in [-0.39, 0.29) is 0 Å². The topological polar surface area (TPSA) is 56.5 Å². The van der Waals surface area contributed by atoms with E-state index in [0.29, 0.717) is 6.54 Å². The fourth-order valence-electron chi connectivity index (χ4n) is 2.83. The highest BCUT2D eigenvalue weighted by atomic mass is 32.2. The minimum absolute atomic E-state index is 0.651. The van der Waals surface area contributed by atoms with E-state index in [1.54, 1.807) is 35.5 Å². The Morgan fingerprint density at radius 3 is 2.79 bits per heavy atom.